The van der Waals surface area contributed by atoms with Gasteiger partial charge in [0.2, 0.25) is 0 Å². The summed E-state index contributed by atoms with van der Waals surface area (Å²) in [6, 6.07) is 39.2. The van der Waals surface area contributed by atoms with Crippen LogP contribution >= 0.6 is 0 Å². The van der Waals surface area contributed by atoms with Crippen molar-refractivity contribution in [1.29, 1.82) is 0 Å². The van der Waals surface area contributed by atoms with Crippen molar-refractivity contribution in [2.75, 3.05) is 0 Å². The number of hydrogen-bond donors (Lipinski definition) is 0. The Labute approximate surface area is 260 Å². The molecule has 0 amide bonds. The number of nitrogens with zero attached hydrogens (tertiary/aromatic N) is 2. The van der Waals surface area contributed by atoms with Gasteiger partial charge in [0.15, 0.2) is 0 Å². The van der Waals surface area contributed by atoms with Crippen LogP contribution in [-0.2, 0) is 0 Å². The zero-order valence-electron chi connectivity index (χ0n) is 26.3. The van der Waals surface area contributed by atoms with Crippen LogP contribution in [0.2, 0.25) is 0 Å². The Morgan fingerprint density at radius 3 is 1.14 bits per heavy atom. The largest absolute Gasteiger partial charge is 0.245 e. The third-order valence-electron chi connectivity index (χ3n) is 9.60. The Morgan fingerprint density at radius 2 is 0.750 bits per heavy atom. The van der Waals surface area contributed by atoms with Gasteiger partial charge in [-0.2, -0.15) is 0 Å². The van der Waals surface area contributed by atoms with Gasteiger partial charge in [-0.05, 0) is 109 Å². The summed E-state index contributed by atoms with van der Waals surface area (Å²) >= 11 is 0. The molecule has 0 atom stereocenters. The van der Waals surface area contributed by atoms with Crippen LogP contribution in [0.25, 0.3) is 66.6 Å². The van der Waals surface area contributed by atoms with E-state index in [-0.39, 0.29) is 0 Å². The first-order valence-electron chi connectivity index (χ1n) is 15.4. The third kappa shape index (κ3) is 4.59. The van der Waals surface area contributed by atoms with E-state index in [0.717, 1.165) is 44.3 Å². The van der Waals surface area contributed by atoms with Crippen molar-refractivity contribution >= 4 is 21.8 Å². The van der Waals surface area contributed by atoms with E-state index in [1.54, 1.807) is 0 Å². The maximum absolute atomic E-state index is 5.45. The van der Waals surface area contributed by atoms with E-state index in [0.29, 0.717) is 0 Å². The molecule has 0 spiro atoms. The summed E-state index contributed by atoms with van der Waals surface area (Å²) in [5.41, 5.74) is 18.5. The number of rotatable bonds is 4. The summed E-state index contributed by atoms with van der Waals surface area (Å²) in [5.74, 6) is 0. The highest BCUT2D eigenvalue weighted by atomic mass is 14.8. The van der Waals surface area contributed by atoms with Crippen LogP contribution in [0, 0.1) is 41.5 Å². The Morgan fingerprint density at radius 1 is 0.364 bits per heavy atom. The first-order chi connectivity index (χ1) is 21.3. The lowest BCUT2D eigenvalue weighted by Gasteiger charge is -2.17. The van der Waals surface area contributed by atoms with Crippen molar-refractivity contribution in [3.05, 3.63) is 143 Å². The van der Waals surface area contributed by atoms with Crippen molar-refractivity contribution in [1.82, 2.24) is 9.97 Å². The molecule has 5 aromatic carbocycles. The van der Waals surface area contributed by atoms with E-state index in [2.05, 4.69) is 151 Å². The van der Waals surface area contributed by atoms with Crippen LogP contribution in [-0.4, -0.2) is 9.97 Å². The molecule has 214 valence electrons. The van der Waals surface area contributed by atoms with Gasteiger partial charge in [-0.3, -0.25) is 0 Å². The molecule has 2 aromatic heterocycles. The summed E-state index contributed by atoms with van der Waals surface area (Å²) in [6.07, 6.45) is 0. The third-order valence-corrected chi connectivity index (χ3v) is 9.60. The molecular formula is C42H36N2. The number of fused-ring (bicyclic) bond motifs is 3. The van der Waals surface area contributed by atoms with Crippen LogP contribution in [0.4, 0.5) is 0 Å². The maximum Gasteiger partial charge on any atom is 0.0978 e. The van der Waals surface area contributed by atoms with E-state index in [9.17, 15) is 0 Å². The van der Waals surface area contributed by atoms with Crippen LogP contribution in [0.15, 0.2) is 109 Å². The minimum absolute atomic E-state index is 0.928. The van der Waals surface area contributed by atoms with Crippen LogP contribution in [0.1, 0.15) is 33.4 Å². The fourth-order valence-electron chi connectivity index (χ4n) is 6.43. The SMILES string of the molecule is Cc1ccc(-c2cc(-c3ccccc3)c3ccc4c(-c5ccccc5)cc(-c5ccc(C)c(C)c5C)nc4c3n2)c(C)c1C. The van der Waals surface area contributed by atoms with Crippen LogP contribution < -0.4 is 0 Å². The standard InChI is InChI=1S/C42H36N2/c1-25-17-19-33(29(5)27(25)3)39-23-37(31-13-9-7-10-14-31)35-21-22-36-38(32-15-11-8-12-16-32)24-40(44-42(36)41(35)43-39)34-20-18-26(2)28(4)30(34)6/h7-24H,1-6H3. The van der Waals surface area contributed by atoms with Gasteiger partial charge >= 0.3 is 0 Å². The zero-order chi connectivity index (χ0) is 30.5. The number of pyridine rings is 2. The lowest BCUT2D eigenvalue weighted by Crippen LogP contribution is -1.98. The average molecular weight is 569 g/mol. The highest BCUT2D eigenvalue weighted by Crippen LogP contribution is 2.40. The van der Waals surface area contributed by atoms with Crippen molar-refractivity contribution in [3.63, 3.8) is 0 Å². The van der Waals surface area contributed by atoms with Gasteiger partial charge in [-0.25, -0.2) is 9.97 Å². The summed E-state index contributed by atoms with van der Waals surface area (Å²) < 4.78 is 0. The Balaban J connectivity index is 1.63. The van der Waals surface area contributed by atoms with Crippen LogP contribution in [0.5, 0.6) is 0 Å². The molecule has 0 fully saturated rings. The molecule has 2 heterocycles. The Hall–Kier alpha value is -5.08. The van der Waals surface area contributed by atoms with E-state index in [1.807, 2.05) is 0 Å². The van der Waals surface area contributed by atoms with Crippen molar-refractivity contribution in [2.45, 2.75) is 41.5 Å². The number of hydrogen-bond acceptors (Lipinski definition) is 2. The van der Waals surface area contributed by atoms with Crippen molar-refractivity contribution in [3.8, 4) is 44.8 Å². The number of aryl methyl sites for hydroxylation is 2. The molecule has 0 aliphatic rings. The molecule has 2 nitrogen and oxygen atoms in total. The first kappa shape index (κ1) is 27.7. The van der Waals surface area contributed by atoms with E-state index in [1.165, 1.54) is 55.6 Å². The Bertz CT molecular complexity index is 2050. The van der Waals surface area contributed by atoms with Gasteiger partial charge in [0.25, 0.3) is 0 Å². The second kappa shape index (κ2) is 10.9. The van der Waals surface area contributed by atoms with Gasteiger partial charge in [0, 0.05) is 21.9 Å². The normalized spacial score (nSPS) is 11.4. The highest BCUT2D eigenvalue weighted by molar-refractivity contribution is 6.13. The van der Waals surface area contributed by atoms with Gasteiger partial charge in [-0.1, -0.05) is 97.1 Å². The van der Waals surface area contributed by atoms with Crippen LogP contribution in [0.3, 0.4) is 0 Å². The van der Waals surface area contributed by atoms with Gasteiger partial charge in [0.05, 0.1) is 22.4 Å². The summed E-state index contributed by atoms with van der Waals surface area (Å²) in [6.45, 7) is 13.2. The average Bonchev–Trinajstić information content (AvgIpc) is 3.06. The predicted octanol–water partition coefficient (Wildman–Crippen LogP) is 11.3. The molecule has 2 heteroatoms. The maximum atomic E-state index is 5.45. The molecular weight excluding hydrogens is 532 g/mol. The predicted molar refractivity (Wildman–Crippen MR) is 187 cm³/mol. The minimum Gasteiger partial charge on any atom is -0.245 e. The van der Waals surface area contributed by atoms with Gasteiger partial charge in [0.1, 0.15) is 0 Å². The smallest absolute Gasteiger partial charge is 0.0978 e. The number of aromatic nitrogens is 2. The zero-order valence-corrected chi connectivity index (χ0v) is 26.3. The van der Waals surface area contributed by atoms with Gasteiger partial charge in [-0.15, -0.1) is 0 Å². The summed E-state index contributed by atoms with van der Waals surface area (Å²) in [5, 5.41) is 2.21. The first-order valence-corrected chi connectivity index (χ1v) is 15.4. The monoisotopic (exact) mass is 568 g/mol. The molecule has 0 N–H and O–H groups in total. The fraction of sp³-hybridized carbons (Fsp3) is 0.143. The van der Waals surface area contributed by atoms with E-state index >= 15 is 0 Å². The minimum atomic E-state index is 0.928. The molecule has 0 radical (unpaired) electrons. The molecule has 0 aliphatic carbocycles. The van der Waals surface area contributed by atoms with Crippen molar-refractivity contribution in [2.24, 2.45) is 0 Å². The second-order valence-electron chi connectivity index (χ2n) is 12.1. The Kier molecular flexibility index (Phi) is 6.86. The molecule has 44 heavy (non-hydrogen) atoms. The lowest BCUT2D eigenvalue weighted by atomic mass is 9.91. The quantitative estimate of drug-likeness (QED) is 0.197. The molecule has 7 aromatic rings. The molecule has 0 aliphatic heterocycles. The van der Waals surface area contributed by atoms with E-state index < -0.39 is 0 Å². The topological polar surface area (TPSA) is 25.8 Å². The molecule has 0 unspecified atom stereocenters. The number of benzene rings is 5. The molecule has 0 saturated heterocycles. The second-order valence-corrected chi connectivity index (χ2v) is 12.1. The molecule has 0 saturated carbocycles. The highest BCUT2D eigenvalue weighted by Gasteiger charge is 2.19. The fourth-order valence-corrected chi connectivity index (χ4v) is 6.43. The molecule has 7 rings (SSSR count). The van der Waals surface area contributed by atoms with Gasteiger partial charge < -0.3 is 0 Å². The lowest BCUT2D eigenvalue weighted by molar-refractivity contribution is 1.25. The molecule has 0 bridgehead atoms. The summed E-state index contributed by atoms with van der Waals surface area (Å²) in [4.78, 5) is 10.9. The summed E-state index contributed by atoms with van der Waals surface area (Å²) in [7, 11) is 0. The van der Waals surface area contributed by atoms with E-state index in [4.69, 9.17) is 9.97 Å². The van der Waals surface area contributed by atoms with Crippen molar-refractivity contribution < 1.29 is 0 Å².